The van der Waals surface area contributed by atoms with E-state index >= 15 is 0 Å². The first-order valence-electron chi connectivity index (χ1n) is 7.97. The number of thiazole rings is 1. The first-order chi connectivity index (χ1) is 10.1. The summed E-state index contributed by atoms with van der Waals surface area (Å²) < 4.78 is 0. The van der Waals surface area contributed by atoms with Crippen molar-refractivity contribution in [1.29, 1.82) is 0 Å². The highest BCUT2D eigenvalue weighted by Crippen LogP contribution is 2.42. The maximum Gasteiger partial charge on any atom is 0.191 e. The van der Waals surface area contributed by atoms with Crippen LogP contribution in [0.25, 0.3) is 0 Å². The zero-order valence-corrected chi connectivity index (χ0v) is 14.5. The van der Waals surface area contributed by atoms with Crippen LogP contribution in [-0.2, 0) is 6.54 Å². The van der Waals surface area contributed by atoms with E-state index in [0.29, 0.717) is 11.3 Å². The van der Waals surface area contributed by atoms with E-state index in [1.54, 1.807) is 11.3 Å². The molecule has 1 fully saturated rings. The predicted octanol–water partition coefficient (Wildman–Crippen LogP) is 3.51. The van der Waals surface area contributed by atoms with Crippen LogP contribution in [-0.4, -0.2) is 24.5 Å². The fraction of sp³-hybridized carbons (Fsp3) is 0.750. The van der Waals surface area contributed by atoms with E-state index in [-0.39, 0.29) is 0 Å². The topological polar surface area (TPSA) is 49.3 Å². The summed E-state index contributed by atoms with van der Waals surface area (Å²) in [4.78, 5) is 8.95. The number of rotatable bonds is 6. The SMILES string of the molecule is CCC1(CNC(=NC)NCc2csc(C(C)C)n2)CCC1. The largest absolute Gasteiger partial charge is 0.356 e. The van der Waals surface area contributed by atoms with Crippen LogP contribution < -0.4 is 10.6 Å². The van der Waals surface area contributed by atoms with Crippen LogP contribution in [0.4, 0.5) is 0 Å². The first kappa shape index (κ1) is 16.3. The molecule has 118 valence electrons. The Morgan fingerprint density at radius 3 is 2.67 bits per heavy atom. The Morgan fingerprint density at radius 1 is 1.43 bits per heavy atom. The lowest BCUT2D eigenvalue weighted by Crippen LogP contribution is -2.46. The van der Waals surface area contributed by atoms with E-state index < -0.39 is 0 Å². The molecule has 0 atom stereocenters. The molecule has 2 rings (SSSR count). The molecule has 1 aromatic rings. The third-order valence-electron chi connectivity index (χ3n) is 4.52. The van der Waals surface area contributed by atoms with Gasteiger partial charge in [-0.3, -0.25) is 4.99 Å². The van der Waals surface area contributed by atoms with Gasteiger partial charge < -0.3 is 10.6 Å². The lowest BCUT2D eigenvalue weighted by molar-refractivity contribution is 0.131. The molecule has 0 aliphatic heterocycles. The summed E-state index contributed by atoms with van der Waals surface area (Å²) in [5.41, 5.74) is 1.60. The quantitative estimate of drug-likeness (QED) is 0.624. The zero-order chi connectivity index (χ0) is 15.3. The highest BCUT2D eigenvalue weighted by atomic mass is 32.1. The predicted molar refractivity (Wildman–Crippen MR) is 91.0 cm³/mol. The monoisotopic (exact) mass is 308 g/mol. The van der Waals surface area contributed by atoms with Gasteiger partial charge in [-0.2, -0.15) is 0 Å². The van der Waals surface area contributed by atoms with Crippen LogP contribution >= 0.6 is 11.3 Å². The number of hydrogen-bond acceptors (Lipinski definition) is 3. The van der Waals surface area contributed by atoms with Gasteiger partial charge >= 0.3 is 0 Å². The first-order valence-corrected chi connectivity index (χ1v) is 8.85. The highest BCUT2D eigenvalue weighted by molar-refractivity contribution is 7.09. The van der Waals surface area contributed by atoms with Crippen LogP contribution in [0.15, 0.2) is 10.4 Å². The van der Waals surface area contributed by atoms with Crippen LogP contribution in [0.3, 0.4) is 0 Å². The van der Waals surface area contributed by atoms with Crippen molar-refractivity contribution < 1.29 is 0 Å². The molecule has 4 nitrogen and oxygen atoms in total. The molecule has 1 saturated carbocycles. The van der Waals surface area contributed by atoms with Gasteiger partial charge in [0.1, 0.15) is 0 Å². The normalized spacial score (nSPS) is 17.7. The number of nitrogens with one attached hydrogen (secondary N) is 2. The van der Waals surface area contributed by atoms with Gasteiger partial charge in [-0.25, -0.2) is 4.98 Å². The molecule has 1 aromatic heterocycles. The molecule has 2 N–H and O–H groups in total. The molecule has 0 aromatic carbocycles. The summed E-state index contributed by atoms with van der Waals surface area (Å²) in [5, 5.41) is 10.2. The fourth-order valence-electron chi connectivity index (χ4n) is 2.67. The smallest absolute Gasteiger partial charge is 0.191 e. The van der Waals surface area contributed by atoms with E-state index in [0.717, 1.165) is 24.7 Å². The lowest BCUT2D eigenvalue weighted by atomic mass is 9.67. The molecular formula is C16H28N4S. The summed E-state index contributed by atoms with van der Waals surface area (Å²) in [5.74, 6) is 1.39. The number of hydrogen-bond donors (Lipinski definition) is 2. The average molecular weight is 308 g/mol. The second-order valence-corrected chi connectivity index (χ2v) is 7.21. The molecule has 1 aliphatic rings. The minimum atomic E-state index is 0.503. The number of guanidine groups is 1. The van der Waals surface area contributed by atoms with Crippen molar-refractivity contribution in [3.05, 3.63) is 16.1 Å². The van der Waals surface area contributed by atoms with Gasteiger partial charge in [-0.15, -0.1) is 11.3 Å². The van der Waals surface area contributed by atoms with Gasteiger partial charge in [0.2, 0.25) is 0 Å². The summed E-state index contributed by atoms with van der Waals surface area (Å²) in [6.07, 6.45) is 5.31. The Balaban J connectivity index is 1.79. The van der Waals surface area contributed by atoms with E-state index in [1.807, 2.05) is 7.05 Å². The van der Waals surface area contributed by atoms with Crippen LogP contribution in [0, 0.1) is 5.41 Å². The third kappa shape index (κ3) is 4.19. The van der Waals surface area contributed by atoms with Crippen molar-refractivity contribution >= 4 is 17.3 Å². The van der Waals surface area contributed by atoms with Crippen LogP contribution in [0.1, 0.15) is 63.1 Å². The molecule has 1 aliphatic carbocycles. The van der Waals surface area contributed by atoms with Crippen molar-refractivity contribution in [3.63, 3.8) is 0 Å². The Hall–Kier alpha value is -1.10. The van der Waals surface area contributed by atoms with Gasteiger partial charge in [-0.05, 0) is 24.7 Å². The average Bonchev–Trinajstić information content (AvgIpc) is 2.90. The molecule has 5 heteroatoms. The van der Waals surface area contributed by atoms with Crippen molar-refractivity contribution in [2.45, 2.75) is 58.9 Å². The van der Waals surface area contributed by atoms with Crippen molar-refractivity contribution in [2.75, 3.05) is 13.6 Å². The molecule has 0 amide bonds. The summed E-state index contributed by atoms with van der Waals surface area (Å²) in [6, 6.07) is 0. The van der Waals surface area contributed by atoms with E-state index in [2.05, 4.69) is 46.8 Å². The van der Waals surface area contributed by atoms with Gasteiger partial charge in [0, 0.05) is 24.9 Å². The maximum absolute atomic E-state index is 4.64. The molecule has 1 heterocycles. The van der Waals surface area contributed by atoms with Crippen LogP contribution in [0.5, 0.6) is 0 Å². The molecule has 0 spiro atoms. The van der Waals surface area contributed by atoms with Crippen molar-refractivity contribution in [2.24, 2.45) is 10.4 Å². The van der Waals surface area contributed by atoms with E-state index in [1.165, 1.54) is 30.7 Å². The summed E-state index contributed by atoms with van der Waals surface area (Å²) in [6.45, 7) is 8.41. The van der Waals surface area contributed by atoms with Crippen LogP contribution in [0.2, 0.25) is 0 Å². The molecule has 0 saturated heterocycles. The summed E-state index contributed by atoms with van der Waals surface area (Å²) in [7, 11) is 1.83. The lowest BCUT2D eigenvalue weighted by Gasteiger charge is -2.41. The van der Waals surface area contributed by atoms with E-state index in [4.69, 9.17) is 0 Å². The Kier molecular flexibility index (Phi) is 5.62. The van der Waals surface area contributed by atoms with Gasteiger partial charge in [-0.1, -0.05) is 27.2 Å². The highest BCUT2D eigenvalue weighted by Gasteiger charge is 2.34. The Labute approximate surface area is 132 Å². The maximum atomic E-state index is 4.64. The third-order valence-corrected chi connectivity index (χ3v) is 5.71. The van der Waals surface area contributed by atoms with Crippen molar-refractivity contribution in [3.8, 4) is 0 Å². The van der Waals surface area contributed by atoms with Gasteiger partial charge in [0.15, 0.2) is 5.96 Å². The number of aromatic nitrogens is 1. The van der Waals surface area contributed by atoms with E-state index in [9.17, 15) is 0 Å². The number of aliphatic imine (C=N–C) groups is 1. The second kappa shape index (κ2) is 7.25. The van der Waals surface area contributed by atoms with Crippen molar-refractivity contribution in [1.82, 2.24) is 15.6 Å². The molecule has 0 bridgehead atoms. The van der Waals surface area contributed by atoms with Gasteiger partial charge in [0.25, 0.3) is 0 Å². The number of nitrogens with zero attached hydrogens (tertiary/aromatic N) is 2. The summed E-state index contributed by atoms with van der Waals surface area (Å²) >= 11 is 1.74. The molecule has 21 heavy (non-hydrogen) atoms. The molecule has 0 radical (unpaired) electrons. The zero-order valence-electron chi connectivity index (χ0n) is 13.7. The standard InChI is InChI=1S/C16H28N4S/c1-5-16(7-6-8-16)11-19-15(17-4)18-9-13-10-21-14(20-13)12(2)3/h10,12H,5-9,11H2,1-4H3,(H2,17,18,19). The minimum Gasteiger partial charge on any atom is -0.356 e. The van der Waals surface area contributed by atoms with Gasteiger partial charge in [0.05, 0.1) is 17.2 Å². The molecular weight excluding hydrogens is 280 g/mol. The Morgan fingerprint density at radius 2 is 2.19 bits per heavy atom. The fourth-order valence-corrected chi connectivity index (χ4v) is 3.50. The second-order valence-electron chi connectivity index (χ2n) is 6.32. The minimum absolute atomic E-state index is 0.503. The molecule has 0 unspecified atom stereocenters. The Bertz CT molecular complexity index is 469.